The number of hydrogen-bond donors (Lipinski definition) is 1. The molecule has 0 amide bonds. The second kappa shape index (κ2) is 6.83. The van der Waals surface area contributed by atoms with E-state index in [9.17, 15) is 19.5 Å². The van der Waals surface area contributed by atoms with Crippen LogP contribution in [0.5, 0.6) is 0 Å². The molecule has 0 aromatic heterocycles. The summed E-state index contributed by atoms with van der Waals surface area (Å²) in [5, 5.41) is 11.7. The summed E-state index contributed by atoms with van der Waals surface area (Å²) in [4.78, 5) is 40.3. The van der Waals surface area contributed by atoms with E-state index < -0.39 is 44.6 Å². The van der Waals surface area contributed by atoms with E-state index >= 15 is 0 Å². The maximum Gasteiger partial charge on any atom is 0.311 e. The number of carbonyl (C=O) groups excluding carboxylic acids is 3. The first kappa shape index (κ1) is 25.0. The van der Waals surface area contributed by atoms with Gasteiger partial charge >= 0.3 is 5.97 Å². The minimum atomic E-state index is -0.875. The van der Waals surface area contributed by atoms with Gasteiger partial charge in [-0.1, -0.05) is 48.5 Å². The second-order valence-corrected chi connectivity index (χ2v) is 14.9. The molecule has 6 fully saturated rings. The first-order valence-electron chi connectivity index (χ1n) is 14.2. The summed E-state index contributed by atoms with van der Waals surface area (Å²) < 4.78 is 12.8. The molecule has 10 atom stereocenters. The van der Waals surface area contributed by atoms with E-state index in [2.05, 4.69) is 27.7 Å². The van der Waals surface area contributed by atoms with Crippen molar-refractivity contribution in [2.24, 2.45) is 44.8 Å². The Morgan fingerprint density at radius 1 is 0.889 bits per heavy atom. The Labute approximate surface area is 215 Å². The van der Waals surface area contributed by atoms with E-state index in [1.807, 2.05) is 20.8 Å². The molecule has 0 radical (unpaired) electrons. The van der Waals surface area contributed by atoms with Gasteiger partial charge < -0.3 is 14.6 Å². The fourth-order valence-corrected chi connectivity index (χ4v) is 11.1. The lowest BCUT2D eigenvalue weighted by Crippen LogP contribution is -2.66. The lowest BCUT2D eigenvalue weighted by atomic mass is 9.41. The molecular weight excluding hydrogens is 456 g/mol. The molecule has 2 saturated heterocycles. The van der Waals surface area contributed by atoms with Gasteiger partial charge in [0.25, 0.3) is 0 Å². The van der Waals surface area contributed by atoms with Crippen LogP contribution < -0.4 is 0 Å². The van der Waals surface area contributed by atoms with Gasteiger partial charge in [0.15, 0.2) is 0 Å². The summed E-state index contributed by atoms with van der Waals surface area (Å²) in [7, 11) is 0. The quantitative estimate of drug-likeness (QED) is 0.471. The molecule has 6 heteroatoms. The first-order chi connectivity index (χ1) is 16.6. The Hall–Kier alpha value is -1.27. The Bertz CT molecular complexity index is 1070. The molecule has 4 aliphatic carbocycles. The topological polar surface area (TPSA) is 89.9 Å². The lowest BCUT2D eigenvalue weighted by Gasteiger charge is -2.62. The smallest absolute Gasteiger partial charge is 0.311 e. The van der Waals surface area contributed by atoms with Crippen molar-refractivity contribution in [3.8, 4) is 0 Å². The van der Waals surface area contributed by atoms with Crippen molar-refractivity contribution in [2.75, 3.05) is 0 Å². The summed E-state index contributed by atoms with van der Waals surface area (Å²) in [5.74, 6) is -0.632. The predicted octanol–water partition coefficient (Wildman–Crippen LogP) is 4.99. The van der Waals surface area contributed by atoms with Gasteiger partial charge in [0.05, 0.1) is 23.0 Å². The highest BCUT2D eigenvalue weighted by Gasteiger charge is 2.81. The normalized spacial score (nSPS) is 57.6. The maximum absolute atomic E-state index is 15.0. The molecule has 6 aliphatic rings. The maximum atomic E-state index is 15.0. The number of ketones is 2. The van der Waals surface area contributed by atoms with Crippen LogP contribution in [0, 0.1) is 44.8 Å². The molecule has 6 rings (SSSR count). The molecule has 2 aliphatic heterocycles. The molecule has 0 bridgehead atoms. The van der Waals surface area contributed by atoms with Crippen LogP contribution in [0.2, 0.25) is 0 Å². The third kappa shape index (κ3) is 2.42. The highest BCUT2D eigenvalue weighted by atomic mass is 16.7. The van der Waals surface area contributed by atoms with E-state index in [0.717, 1.165) is 12.8 Å². The Balaban J connectivity index is 1.41. The summed E-state index contributed by atoms with van der Waals surface area (Å²) in [6.45, 7) is 14.7. The van der Waals surface area contributed by atoms with Crippen molar-refractivity contribution in [1.82, 2.24) is 0 Å². The third-order valence-electron chi connectivity index (χ3n) is 13.4. The summed E-state index contributed by atoms with van der Waals surface area (Å²) in [6, 6.07) is 0. The predicted molar refractivity (Wildman–Crippen MR) is 133 cm³/mol. The van der Waals surface area contributed by atoms with Gasteiger partial charge in [-0.15, -0.1) is 0 Å². The monoisotopic (exact) mass is 500 g/mol. The van der Waals surface area contributed by atoms with Crippen LogP contribution in [0.4, 0.5) is 0 Å². The van der Waals surface area contributed by atoms with Crippen molar-refractivity contribution in [3.63, 3.8) is 0 Å². The van der Waals surface area contributed by atoms with Crippen molar-refractivity contribution in [2.45, 2.75) is 124 Å². The standard InChI is InChI=1S/C30H44O6/c1-17-15-28(35-22(17)33)16-18(2)30(36-28)13-10-26(6)23(34)29(12-11-27(26,30)7)21(32)14-19-24(3,4)20(31)8-9-25(19,29)5/h17-19,21,32H,8-16H2,1-7H3/t17?,18-,19-,21+,25-,26+,27+,28-,29-,30+/m0/s1. The largest absolute Gasteiger partial charge is 0.433 e. The van der Waals surface area contributed by atoms with Crippen molar-refractivity contribution in [1.29, 1.82) is 0 Å². The first-order valence-corrected chi connectivity index (χ1v) is 14.2. The van der Waals surface area contributed by atoms with Crippen LogP contribution in [0.3, 0.4) is 0 Å². The zero-order chi connectivity index (χ0) is 26.3. The third-order valence-corrected chi connectivity index (χ3v) is 13.4. The summed E-state index contributed by atoms with van der Waals surface area (Å²) in [5.41, 5.74) is -3.37. The van der Waals surface area contributed by atoms with Gasteiger partial charge in [-0.25, -0.2) is 0 Å². The minimum absolute atomic E-state index is 0.00201. The van der Waals surface area contributed by atoms with Crippen LogP contribution in [-0.4, -0.2) is 40.1 Å². The van der Waals surface area contributed by atoms with Crippen molar-refractivity contribution in [3.05, 3.63) is 0 Å². The number of rotatable bonds is 0. The van der Waals surface area contributed by atoms with E-state index in [0.29, 0.717) is 44.9 Å². The number of Topliss-reactive ketones (excluding diaryl/α,β-unsaturated/α-hetero) is 2. The Morgan fingerprint density at radius 2 is 1.58 bits per heavy atom. The van der Waals surface area contributed by atoms with Crippen LogP contribution >= 0.6 is 0 Å². The van der Waals surface area contributed by atoms with Gasteiger partial charge in [-0.3, -0.25) is 14.4 Å². The number of aliphatic hydroxyl groups is 1. The highest BCUT2D eigenvalue weighted by Crippen LogP contribution is 2.78. The van der Waals surface area contributed by atoms with Crippen LogP contribution in [0.15, 0.2) is 0 Å². The molecule has 1 unspecified atom stereocenters. The lowest BCUT2D eigenvalue weighted by molar-refractivity contribution is -0.261. The number of esters is 1. The van der Waals surface area contributed by atoms with Crippen LogP contribution in [-0.2, 0) is 23.9 Å². The average molecular weight is 501 g/mol. The minimum Gasteiger partial charge on any atom is -0.433 e. The average Bonchev–Trinajstić information content (AvgIpc) is 3.40. The molecule has 6 nitrogen and oxygen atoms in total. The number of ether oxygens (including phenoxy) is 2. The Kier molecular flexibility index (Phi) is 4.75. The van der Waals surface area contributed by atoms with Crippen molar-refractivity contribution >= 4 is 17.5 Å². The van der Waals surface area contributed by atoms with Crippen molar-refractivity contribution < 1.29 is 29.0 Å². The molecule has 3 spiro atoms. The number of hydrogen-bond acceptors (Lipinski definition) is 6. The number of carbonyl (C=O) groups is 3. The van der Waals surface area contributed by atoms with E-state index in [-0.39, 0.29) is 35.3 Å². The fourth-order valence-electron chi connectivity index (χ4n) is 11.1. The summed E-state index contributed by atoms with van der Waals surface area (Å²) >= 11 is 0. The molecule has 0 aromatic carbocycles. The molecule has 4 saturated carbocycles. The Morgan fingerprint density at radius 3 is 2.22 bits per heavy atom. The number of aliphatic hydroxyl groups excluding tert-OH is 1. The molecule has 200 valence electrons. The van der Waals surface area contributed by atoms with Gasteiger partial charge in [0.2, 0.25) is 5.79 Å². The molecule has 1 N–H and O–H groups in total. The van der Waals surface area contributed by atoms with E-state index in [1.165, 1.54) is 0 Å². The van der Waals surface area contributed by atoms with Gasteiger partial charge in [0.1, 0.15) is 11.6 Å². The SMILES string of the molecule is CC1C[C@]2(C[C@H](C)[C@@]3(CC[C@]4(C)C(=O)[C@]5(CC[C@]43C)[C@H](O)C[C@H]3C(C)(C)C(=O)CC[C@@]35C)O2)OC1=O. The second-order valence-electron chi connectivity index (χ2n) is 14.9. The zero-order valence-electron chi connectivity index (χ0n) is 23.2. The highest BCUT2D eigenvalue weighted by molar-refractivity contribution is 5.95. The molecule has 2 heterocycles. The van der Waals surface area contributed by atoms with Crippen LogP contribution in [0.25, 0.3) is 0 Å². The van der Waals surface area contributed by atoms with E-state index in [1.54, 1.807) is 0 Å². The molecular formula is C30H44O6. The molecule has 0 aromatic rings. The molecule has 36 heavy (non-hydrogen) atoms. The number of fused-ring (bicyclic) bond motifs is 4. The van der Waals surface area contributed by atoms with Gasteiger partial charge in [0, 0.05) is 35.5 Å². The van der Waals surface area contributed by atoms with E-state index in [4.69, 9.17) is 9.47 Å². The van der Waals surface area contributed by atoms with Gasteiger partial charge in [-0.2, -0.15) is 0 Å². The van der Waals surface area contributed by atoms with Crippen LogP contribution in [0.1, 0.15) is 106 Å². The summed E-state index contributed by atoms with van der Waals surface area (Å²) in [6.07, 6.45) is 5.06. The fraction of sp³-hybridized carbons (Fsp3) is 0.900. The van der Waals surface area contributed by atoms with Gasteiger partial charge in [-0.05, 0) is 55.8 Å². The zero-order valence-corrected chi connectivity index (χ0v) is 23.2.